The van der Waals surface area contributed by atoms with E-state index in [1.54, 1.807) is 11.2 Å². The summed E-state index contributed by atoms with van der Waals surface area (Å²) in [7, 11) is -2.14. The molecule has 6 nitrogen and oxygen atoms in total. The first-order chi connectivity index (χ1) is 9.02. The Morgan fingerprint density at radius 1 is 1.21 bits per heavy atom. The molecule has 1 aliphatic heterocycles. The maximum atomic E-state index is 12.5. The van der Waals surface area contributed by atoms with Gasteiger partial charge in [-0.2, -0.15) is 17.0 Å². The molecule has 19 heavy (non-hydrogen) atoms. The Labute approximate surface area is 115 Å². The second-order valence-electron chi connectivity index (χ2n) is 4.64. The molecule has 1 saturated heterocycles. The van der Waals surface area contributed by atoms with Gasteiger partial charge in [0.1, 0.15) is 0 Å². The third-order valence-electron chi connectivity index (χ3n) is 3.36. The Morgan fingerprint density at radius 2 is 1.79 bits per heavy atom. The Kier molecular flexibility index (Phi) is 6.74. The van der Waals surface area contributed by atoms with Gasteiger partial charge in [-0.25, -0.2) is 0 Å². The van der Waals surface area contributed by atoms with E-state index in [0.717, 1.165) is 25.7 Å². The molecule has 0 unspecified atom stereocenters. The topological polar surface area (TPSA) is 66.9 Å². The Bertz CT molecular complexity index is 375. The second-order valence-corrected chi connectivity index (χ2v) is 6.57. The molecule has 1 rings (SSSR count). The second kappa shape index (κ2) is 7.81. The van der Waals surface area contributed by atoms with Crippen LogP contribution < -0.4 is 0 Å². The number of rotatable bonds is 6. The van der Waals surface area contributed by atoms with Gasteiger partial charge in [0.25, 0.3) is 10.2 Å². The molecule has 0 N–H and O–H groups in total. The highest BCUT2D eigenvalue weighted by molar-refractivity contribution is 7.86. The lowest BCUT2D eigenvalue weighted by Gasteiger charge is -2.28. The van der Waals surface area contributed by atoms with E-state index in [-0.39, 0.29) is 18.9 Å². The molecule has 0 aliphatic carbocycles. The van der Waals surface area contributed by atoms with Gasteiger partial charge in [-0.15, -0.1) is 0 Å². The summed E-state index contributed by atoms with van der Waals surface area (Å²) in [6, 6.07) is 0. The van der Waals surface area contributed by atoms with E-state index in [0.29, 0.717) is 19.6 Å². The third-order valence-corrected chi connectivity index (χ3v) is 5.47. The standard InChI is InChI=1S/C12H24N2O4S/c1-3-13(11-8-12(15)18-2)19(16,17)14-9-6-4-5-7-10-14/h3-11H2,1-2H3. The molecule has 7 heteroatoms. The van der Waals surface area contributed by atoms with Gasteiger partial charge in [-0.3, -0.25) is 4.79 Å². The maximum Gasteiger partial charge on any atom is 0.306 e. The number of nitrogens with zero attached hydrogens (tertiary/aromatic N) is 2. The minimum atomic E-state index is -3.44. The summed E-state index contributed by atoms with van der Waals surface area (Å²) in [5.74, 6) is -0.385. The van der Waals surface area contributed by atoms with Crippen molar-refractivity contribution in [1.82, 2.24) is 8.61 Å². The minimum Gasteiger partial charge on any atom is -0.469 e. The first-order valence-electron chi connectivity index (χ1n) is 6.84. The van der Waals surface area contributed by atoms with Crippen molar-refractivity contribution in [2.45, 2.75) is 39.0 Å². The van der Waals surface area contributed by atoms with Crippen LogP contribution in [0.15, 0.2) is 0 Å². The largest absolute Gasteiger partial charge is 0.469 e. The fourth-order valence-electron chi connectivity index (χ4n) is 2.19. The summed E-state index contributed by atoms with van der Waals surface area (Å²) in [5.41, 5.74) is 0. The van der Waals surface area contributed by atoms with Crippen LogP contribution in [0.5, 0.6) is 0 Å². The van der Waals surface area contributed by atoms with E-state index in [2.05, 4.69) is 4.74 Å². The predicted octanol–water partition coefficient (Wildman–Crippen LogP) is 0.992. The number of carbonyl (C=O) groups excluding carboxylic acids is 1. The molecule has 0 bridgehead atoms. The van der Waals surface area contributed by atoms with Gasteiger partial charge in [-0.05, 0) is 12.8 Å². The highest BCUT2D eigenvalue weighted by atomic mass is 32.2. The lowest BCUT2D eigenvalue weighted by molar-refractivity contribution is -0.140. The van der Waals surface area contributed by atoms with Crippen molar-refractivity contribution in [2.75, 3.05) is 33.3 Å². The van der Waals surface area contributed by atoms with Crippen molar-refractivity contribution in [3.05, 3.63) is 0 Å². The van der Waals surface area contributed by atoms with Gasteiger partial charge in [0.15, 0.2) is 0 Å². The van der Waals surface area contributed by atoms with E-state index in [1.165, 1.54) is 11.4 Å². The molecular weight excluding hydrogens is 268 g/mol. The molecule has 0 saturated carbocycles. The smallest absolute Gasteiger partial charge is 0.306 e. The van der Waals surface area contributed by atoms with Crippen molar-refractivity contribution in [1.29, 1.82) is 0 Å². The zero-order chi connectivity index (χ0) is 14.3. The Hall–Kier alpha value is -0.660. The van der Waals surface area contributed by atoms with Gasteiger partial charge in [-0.1, -0.05) is 19.8 Å². The fraction of sp³-hybridized carbons (Fsp3) is 0.917. The predicted molar refractivity (Wildman–Crippen MR) is 72.8 cm³/mol. The quantitative estimate of drug-likeness (QED) is 0.685. The number of ether oxygens (including phenoxy) is 1. The van der Waals surface area contributed by atoms with Crippen LogP contribution in [-0.2, 0) is 19.7 Å². The van der Waals surface area contributed by atoms with Crippen molar-refractivity contribution in [3.8, 4) is 0 Å². The van der Waals surface area contributed by atoms with Crippen LogP contribution in [-0.4, -0.2) is 56.3 Å². The minimum absolute atomic E-state index is 0.0947. The van der Waals surface area contributed by atoms with Crippen LogP contribution in [0.2, 0.25) is 0 Å². The van der Waals surface area contributed by atoms with Crippen LogP contribution >= 0.6 is 0 Å². The van der Waals surface area contributed by atoms with Crippen LogP contribution in [0, 0.1) is 0 Å². The van der Waals surface area contributed by atoms with Crippen LogP contribution in [0.3, 0.4) is 0 Å². The number of hydrogen-bond donors (Lipinski definition) is 0. The molecule has 1 heterocycles. The van der Waals surface area contributed by atoms with Crippen LogP contribution in [0.1, 0.15) is 39.0 Å². The molecule has 1 fully saturated rings. The molecular formula is C12H24N2O4S. The first-order valence-corrected chi connectivity index (χ1v) is 8.24. The summed E-state index contributed by atoms with van der Waals surface area (Å²) < 4.78 is 32.4. The van der Waals surface area contributed by atoms with E-state index in [4.69, 9.17) is 0 Å². The average Bonchev–Trinajstić information content (AvgIpc) is 2.68. The maximum absolute atomic E-state index is 12.5. The van der Waals surface area contributed by atoms with Gasteiger partial charge in [0.2, 0.25) is 0 Å². The number of esters is 1. The number of methoxy groups -OCH3 is 1. The Morgan fingerprint density at radius 3 is 2.26 bits per heavy atom. The van der Waals surface area contributed by atoms with E-state index in [9.17, 15) is 13.2 Å². The van der Waals surface area contributed by atoms with Gasteiger partial charge < -0.3 is 4.74 Å². The van der Waals surface area contributed by atoms with E-state index in [1.807, 2.05) is 0 Å². The van der Waals surface area contributed by atoms with E-state index >= 15 is 0 Å². The van der Waals surface area contributed by atoms with Crippen LogP contribution in [0.4, 0.5) is 0 Å². The number of carbonyl (C=O) groups is 1. The summed E-state index contributed by atoms with van der Waals surface area (Å²) in [5, 5.41) is 0. The molecule has 0 atom stereocenters. The normalized spacial score (nSPS) is 18.3. The molecule has 0 aromatic rings. The summed E-state index contributed by atoms with van der Waals surface area (Å²) >= 11 is 0. The summed E-state index contributed by atoms with van der Waals surface area (Å²) in [6.45, 7) is 3.50. The van der Waals surface area contributed by atoms with Crippen molar-refractivity contribution < 1.29 is 17.9 Å². The van der Waals surface area contributed by atoms with Crippen molar-refractivity contribution in [2.24, 2.45) is 0 Å². The van der Waals surface area contributed by atoms with Crippen molar-refractivity contribution in [3.63, 3.8) is 0 Å². The highest BCUT2D eigenvalue weighted by Gasteiger charge is 2.29. The lowest BCUT2D eigenvalue weighted by atomic mass is 10.2. The average molecular weight is 292 g/mol. The molecule has 1 aliphatic rings. The van der Waals surface area contributed by atoms with Crippen LogP contribution in [0.25, 0.3) is 0 Å². The number of hydrogen-bond acceptors (Lipinski definition) is 4. The zero-order valence-corrected chi connectivity index (χ0v) is 12.6. The van der Waals surface area contributed by atoms with Gasteiger partial charge in [0.05, 0.1) is 13.5 Å². The van der Waals surface area contributed by atoms with Gasteiger partial charge in [0, 0.05) is 26.2 Å². The molecule has 0 aromatic carbocycles. The Balaban J connectivity index is 2.67. The lowest BCUT2D eigenvalue weighted by Crippen LogP contribution is -2.45. The first kappa shape index (κ1) is 16.4. The molecule has 0 radical (unpaired) electrons. The van der Waals surface area contributed by atoms with E-state index < -0.39 is 10.2 Å². The molecule has 0 spiro atoms. The SMILES string of the molecule is CCN(CCC(=O)OC)S(=O)(=O)N1CCCCCC1. The highest BCUT2D eigenvalue weighted by Crippen LogP contribution is 2.16. The van der Waals surface area contributed by atoms with Crippen molar-refractivity contribution >= 4 is 16.2 Å². The fourth-order valence-corrected chi connectivity index (χ4v) is 3.88. The monoisotopic (exact) mass is 292 g/mol. The molecule has 0 aromatic heterocycles. The molecule has 112 valence electrons. The third kappa shape index (κ3) is 4.74. The summed E-state index contributed by atoms with van der Waals surface area (Å²) in [6.07, 6.45) is 4.08. The zero-order valence-electron chi connectivity index (χ0n) is 11.8. The molecule has 0 amide bonds. The summed E-state index contributed by atoms with van der Waals surface area (Å²) in [4.78, 5) is 11.1. The van der Waals surface area contributed by atoms with Gasteiger partial charge >= 0.3 is 5.97 Å².